The highest BCUT2D eigenvalue weighted by Crippen LogP contribution is 2.27. The molecule has 19 heavy (non-hydrogen) atoms. The molecule has 0 bridgehead atoms. The monoisotopic (exact) mass is 276 g/mol. The fourth-order valence-electron chi connectivity index (χ4n) is 1.21. The number of hydrogen-bond acceptors (Lipinski definition) is 8. The molecule has 0 aliphatic carbocycles. The second-order valence-corrected chi connectivity index (χ2v) is 4.29. The largest absolute Gasteiger partial charge is 0.468 e. The summed E-state index contributed by atoms with van der Waals surface area (Å²) < 4.78 is 5.84. The molecule has 2 heterocycles. The fourth-order valence-corrected chi connectivity index (χ4v) is 2.03. The van der Waals surface area contributed by atoms with E-state index in [4.69, 9.17) is 5.26 Å². The molecule has 2 rings (SSSR count). The summed E-state index contributed by atoms with van der Waals surface area (Å²) in [5, 5.41) is 20.3. The van der Waals surface area contributed by atoms with E-state index in [1.54, 1.807) is 12.3 Å². The molecule has 96 valence electrons. The van der Waals surface area contributed by atoms with Gasteiger partial charge in [-0.3, -0.25) is 9.78 Å². The minimum Gasteiger partial charge on any atom is -0.468 e. The van der Waals surface area contributed by atoms with Crippen molar-refractivity contribution in [2.45, 2.75) is 16.6 Å². The van der Waals surface area contributed by atoms with Crippen LogP contribution in [0.2, 0.25) is 0 Å². The molecule has 0 saturated heterocycles. The second kappa shape index (κ2) is 5.92. The number of pyridine rings is 1. The fraction of sp³-hybridized carbons (Fsp3) is 0.200. The molecule has 0 aromatic carbocycles. The molecule has 0 aliphatic rings. The van der Waals surface area contributed by atoms with Crippen LogP contribution in [-0.2, 0) is 16.1 Å². The summed E-state index contributed by atoms with van der Waals surface area (Å²) in [5.74, 6) is -0.458. The Kier molecular flexibility index (Phi) is 4.04. The molecule has 0 N–H and O–H groups in total. The first-order valence-electron chi connectivity index (χ1n) is 5.09. The van der Waals surface area contributed by atoms with Crippen molar-refractivity contribution in [3.8, 4) is 6.07 Å². The molecule has 0 fully saturated rings. The Bertz CT molecular complexity index is 635. The summed E-state index contributed by atoms with van der Waals surface area (Å²) in [6.45, 7) is -0.0893. The van der Waals surface area contributed by atoms with Gasteiger partial charge in [0.1, 0.15) is 12.6 Å². The Labute approximate surface area is 112 Å². The van der Waals surface area contributed by atoms with Gasteiger partial charge >= 0.3 is 5.97 Å². The van der Waals surface area contributed by atoms with Crippen molar-refractivity contribution in [2.75, 3.05) is 7.11 Å². The van der Waals surface area contributed by atoms with Gasteiger partial charge in [-0.25, -0.2) is 4.68 Å². The van der Waals surface area contributed by atoms with Gasteiger partial charge in [-0.1, -0.05) is 0 Å². The van der Waals surface area contributed by atoms with Gasteiger partial charge in [0, 0.05) is 12.4 Å². The van der Waals surface area contributed by atoms with Gasteiger partial charge in [0.05, 0.1) is 17.6 Å². The highest BCUT2D eigenvalue weighted by Gasteiger charge is 2.13. The summed E-state index contributed by atoms with van der Waals surface area (Å²) in [5.41, 5.74) is 0.465. The highest BCUT2D eigenvalue weighted by atomic mass is 32.2. The maximum absolute atomic E-state index is 11.2. The lowest BCUT2D eigenvalue weighted by Crippen LogP contribution is -2.13. The third-order valence-electron chi connectivity index (χ3n) is 2.11. The van der Waals surface area contributed by atoms with Crippen LogP contribution < -0.4 is 0 Å². The van der Waals surface area contributed by atoms with Crippen LogP contribution in [0.15, 0.2) is 28.5 Å². The molecule has 0 spiro atoms. The Morgan fingerprint density at radius 3 is 3.21 bits per heavy atom. The lowest BCUT2D eigenvalue weighted by Gasteiger charge is -2.03. The van der Waals surface area contributed by atoms with Gasteiger partial charge in [0.15, 0.2) is 0 Å². The number of esters is 1. The molecular weight excluding hydrogens is 268 g/mol. The van der Waals surface area contributed by atoms with Crippen LogP contribution in [0.3, 0.4) is 0 Å². The van der Waals surface area contributed by atoms with Gasteiger partial charge in [-0.2, -0.15) is 5.26 Å². The minimum absolute atomic E-state index is 0.0893. The van der Waals surface area contributed by atoms with E-state index in [0.717, 1.165) is 11.8 Å². The molecule has 0 saturated carbocycles. The van der Waals surface area contributed by atoms with Gasteiger partial charge in [-0.15, -0.1) is 5.10 Å². The maximum Gasteiger partial charge on any atom is 0.327 e. The Balaban J connectivity index is 2.22. The Morgan fingerprint density at radius 1 is 1.63 bits per heavy atom. The zero-order valence-corrected chi connectivity index (χ0v) is 10.7. The smallest absolute Gasteiger partial charge is 0.327 e. The summed E-state index contributed by atoms with van der Waals surface area (Å²) in [7, 11) is 1.29. The predicted octanol–water partition coefficient (Wildman–Crippen LogP) is 0.264. The van der Waals surface area contributed by atoms with Crippen molar-refractivity contribution >= 4 is 17.7 Å². The molecule has 0 unspecified atom stereocenters. The molecule has 0 radical (unpaired) electrons. The molecule has 0 amide bonds. The van der Waals surface area contributed by atoms with E-state index in [-0.39, 0.29) is 6.54 Å². The summed E-state index contributed by atoms with van der Waals surface area (Å²) in [6.07, 6.45) is 3.07. The van der Waals surface area contributed by atoms with Crippen LogP contribution in [-0.4, -0.2) is 38.3 Å². The lowest BCUT2D eigenvalue weighted by atomic mass is 10.3. The number of tetrazole rings is 1. The van der Waals surface area contributed by atoms with Crippen LogP contribution in [0.4, 0.5) is 0 Å². The molecular formula is C10H8N6O2S. The first kappa shape index (κ1) is 13.0. The van der Waals surface area contributed by atoms with E-state index >= 15 is 0 Å². The molecule has 0 aliphatic heterocycles. The van der Waals surface area contributed by atoms with Crippen LogP contribution in [0.5, 0.6) is 0 Å². The number of rotatable bonds is 4. The molecule has 2 aromatic heterocycles. The second-order valence-electron chi connectivity index (χ2n) is 3.28. The number of nitriles is 1. The standard InChI is InChI=1S/C10H8N6O2S/c1-18-9(17)6-16-10(13-14-15-16)19-8-5-12-3-2-7(8)4-11/h2-3,5H,6H2,1H3. The van der Waals surface area contributed by atoms with E-state index in [9.17, 15) is 4.79 Å². The van der Waals surface area contributed by atoms with Crippen LogP contribution in [0, 0.1) is 11.3 Å². The minimum atomic E-state index is -0.458. The van der Waals surface area contributed by atoms with Gasteiger partial charge in [0.2, 0.25) is 5.16 Å². The van der Waals surface area contributed by atoms with E-state index < -0.39 is 5.97 Å². The zero-order valence-electron chi connectivity index (χ0n) is 9.85. The van der Waals surface area contributed by atoms with Crippen molar-refractivity contribution in [2.24, 2.45) is 0 Å². The number of nitrogens with zero attached hydrogens (tertiary/aromatic N) is 6. The van der Waals surface area contributed by atoms with E-state index in [1.165, 1.54) is 18.0 Å². The summed E-state index contributed by atoms with van der Waals surface area (Å²) in [4.78, 5) is 15.8. The molecule has 9 heteroatoms. The van der Waals surface area contributed by atoms with E-state index in [1.807, 2.05) is 6.07 Å². The van der Waals surface area contributed by atoms with Crippen LogP contribution in [0.1, 0.15) is 5.56 Å². The number of aromatic nitrogens is 5. The first-order valence-corrected chi connectivity index (χ1v) is 5.91. The normalized spacial score (nSPS) is 9.89. The summed E-state index contributed by atoms with van der Waals surface area (Å²) >= 11 is 1.16. The third kappa shape index (κ3) is 3.05. The van der Waals surface area contributed by atoms with Crippen molar-refractivity contribution in [1.29, 1.82) is 5.26 Å². The van der Waals surface area contributed by atoms with Crippen LogP contribution in [0.25, 0.3) is 0 Å². The zero-order chi connectivity index (χ0) is 13.7. The van der Waals surface area contributed by atoms with E-state index in [0.29, 0.717) is 15.6 Å². The van der Waals surface area contributed by atoms with Gasteiger partial charge in [0.25, 0.3) is 0 Å². The van der Waals surface area contributed by atoms with Crippen molar-refractivity contribution in [3.05, 3.63) is 24.0 Å². The molecule has 0 atom stereocenters. The van der Waals surface area contributed by atoms with Crippen molar-refractivity contribution in [3.63, 3.8) is 0 Å². The average molecular weight is 276 g/mol. The topological polar surface area (TPSA) is 107 Å². The SMILES string of the molecule is COC(=O)Cn1nnnc1Sc1cnccc1C#N. The molecule has 2 aromatic rings. The average Bonchev–Trinajstić information content (AvgIpc) is 2.86. The van der Waals surface area contributed by atoms with E-state index in [2.05, 4.69) is 25.2 Å². The van der Waals surface area contributed by atoms with Gasteiger partial charge < -0.3 is 4.74 Å². The third-order valence-corrected chi connectivity index (χ3v) is 3.13. The number of hydrogen-bond donors (Lipinski definition) is 0. The summed E-state index contributed by atoms with van der Waals surface area (Å²) in [6, 6.07) is 3.64. The van der Waals surface area contributed by atoms with Crippen molar-refractivity contribution in [1.82, 2.24) is 25.2 Å². The quantitative estimate of drug-likeness (QED) is 0.732. The molecule has 8 nitrogen and oxygen atoms in total. The Morgan fingerprint density at radius 2 is 2.47 bits per heavy atom. The predicted molar refractivity (Wildman–Crippen MR) is 62.9 cm³/mol. The Hall–Kier alpha value is -2.47. The lowest BCUT2D eigenvalue weighted by molar-refractivity contribution is -0.141. The number of carbonyl (C=O) groups is 1. The van der Waals surface area contributed by atoms with Gasteiger partial charge in [-0.05, 0) is 28.3 Å². The number of ether oxygens (including phenoxy) is 1. The van der Waals surface area contributed by atoms with Crippen LogP contribution >= 0.6 is 11.8 Å². The maximum atomic E-state index is 11.2. The van der Waals surface area contributed by atoms with Crippen molar-refractivity contribution < 1.29 is 9.53 Å². The highest BCUT2D eigenvalue weighted by molar-refractivity contribution is 7.99. The number of methoxy groups -OCH3 is 1. The number of carbonyl (C=O) groups excluding carboxylic acids is 1. The first-order chi connectivity index (χ1) is 9.24.